The lowest BCUT2D eigenvalue weighted by atomic mass is 10.2. The van der Waals surface area contributed by atoms with Gasteiger partial charge in [-0.3, -0.25) is 14.4 Å². The van der Waals surface area contributed by atoms with Gasteiger partial charge >= 0.3 is 0 Å². The van der Waals surface area contributed by atoms with Crippen LogP contribution in [0.15, 0.2) is 71.6 Å². The monoisotopic (exact) mass is 542 g/mol. The molecule has 0 aromatic heterocycles. The Kier molecular flexibility index (Phi) is 8.56. The second kappa shape index (κ2) is 11.8. The molecular weight excluding hydrogens is 519 g/mol. The fraction of sp³-hybridized carbons (Fsp3) is 0.222. The van der Waals surface area contributed by atoms with Crippen molar-refractivity contribution in [1.29, 1.82) is 0 Å². The molecule has 1 fully saturated rings. The Morgan fingerprint density at radius 1 is 1.06 bits per heavy atom. The van der Waals surface area contributed by atoms with Crippen LogP contribution in [0.25, 0.3) is 0 Å². The molecule has 1 N–H and O–H groups in total. The summed E-state index contributed by atoms with van der Waals surface area (Å²) in [6.07, 6.45) is 2.13. The van der Waals surface area contributed by atoms with Gasteiger partial charge in [0.05, 0.1) is 28.1 Å². The summed E-state index contributed by atoms with van der Waals surface area (Å²) in [7, 11) is 0. The summed E-state index contributed by atoms with van der Waals surface area (Å²) in [6, 6.07) is 18.7. The zero-order chi connectivity index (χ0) is 25.7. The molecular formula is C27H24Cl2N2O4S. The van der Waals surface area contributed by atoms with Gasteiger partial charge in [0.2, 0.25) is 11.8 Å². The average molecular weight is 543 g/mol. The molecule has 1 aliphatic heterocycles. The maximum Gasteiger partial charge on any atom is 0.257 e. The number of anilines is 2. The number of carbonyl (C=O) groups is 3. The highest BCUT2D eigenvalue weighted by atomic mass is 35.5. The number of carbonyl (C=O) groups excluding carboxylic acids is 3. The highest BCUT2D eigenvalue weighted by molar-refractivity contribution is 8.00. The van der Waals surface area contributed by atoms with E-state index in [-0.39, 0.29) is 29.2 Å². The zero-order valence-corrected chi connectivity index (χ0v) is 21.8. The number of thioether (sulfide) groups is 1. The lowest BCUT2D eigenvalue weighted by molar-refractivity contribution is -0.121. The summed E-state index contributed by atoms with van der Waals surface area (Å²) in [5.41, 5.74) is 1.43. The van der Waals surface area contributed by atoms with Crippen LogP contribution in [-0.2, 0) is 9.59 Å². The minimum atomic E-state index is -0.522. The number of nitrogens with one attached hydrogen (secondary N) is 1. The first-order chi connectivity index (χ1) is 17.4. The Morgan fingerprint density at radius 2 is 1.78 bits per heavy atom. The van der Waals surface area contributed by atoms with Gasteiger partial charge < -0.3 is 10.1 Å². The van der Waals surface area contributed by atoms with Crippen LogP contribution in [0.4, 0.5) is 11.4 Å². The summed E-state index contributed by atoms with van der Waals surface area (Å²) >= 11 is 13.3. The molecule has 4 rings (SSSR count). The lowest BCUT2D eigenvalue weighted by Crippen LogP contribution is -2.31. The number of amides is 3. The molecule has 1 aliphatic rings. The number of benzene rings is 3. The highest BCUT2D eigenvalue weighted by Gasteiger charge is 2.40. The quantitative estimate of drug-likeness (QED) is 0.236. The second-order valence-electron chi connectivity index (χ2n) is 8.18. The lowest BCUT2D eigenvalue weighted by Gasteiger charge is -2.16. The summed E-state index contributed by atoms with van der Waals surface area (Å²) in [5.74, 6) is -0.130. The van der Waals surface area contributed by atoms with Crippen LogP contribution in [-0.4, -0.2) is 29.6 Å². The molecule has 3 aromatic rings. The van der Waals surface area contributed by atoms with Crippen LogP contribution >= 0.6 is 35.0 Å². The van der Waals surface area contributed by atoms with Crippen molar-refractivity contribution in [2.24, 2.45) is 0 Å². The number of hydrogen-bond acceptors (Lipinski definition) is 5. The Balaban J connectivity index is 1.36. The Morgan fingerprint density at radius 3 is 2.44 bits per heavy atom. The van der Waals surface area contributed by atoms with Crippen molar-refractivity contribution in [2.45, 2.75) is 36.3 Å². The largest absolute Gasteiger partial charge is 0.494 e. The van der Waals surface area contributed by atoms with Crippen molar-refractivity contribution in [3.05, 3.63) is 82.3 Å². The van der Waals surface area contributed by atoms with Crippen molar-refractivity contribution in [2.75, 3.05) is 16.8 Å². The van der Waals surface area contributed by atoms with E-state index in [1.165, 1.54) is 22.7 Å². The van der Waals surface area contributed by atoms with Crippen molar-refractivity contribution in [3.8, 4) is 5.75 Å². The number of halogens is 2. The number of hydrogen-bond donors (Lipinski definition) is 1. The van der Waals surface area contributed by atoms with Crippen LogP contribution in [0.1, 0.15) is 36.5 Å². The van der Waals surface area contributed by atoms with Crippen LogP contribution in [0.5, 0.6) is 5.75 Å². The van der Waals surface area contributed by atoms with Crippen LogP contribution in [0.2, 0.25) is 10.0 Å². The van der Waals surface area contributed by atoms with Gasteiger partial charge in [0, 0.05) is 22.0 Å². The topological polar surface area (TPSA) is 75.7 Å². The fourth-order valence-corrected chi connectivity index (χ4v) is 5.19. The number of rotatable bonds is 9. The van der Waals surface area contributed by atoms with Crippen molar-refractivity contribution < 1.29 is 19.1 Å². The Hall–Kier alpha value is -3.00. The number of ether oxygens (including phenoxy) is 1. The van der Waals surface area contributed by atoms with E-state index in [2.05, 4.69) is 12.2 Å². The molecule has 0 saturated carbocycles. The molecule has 36 heavy (non-hydrogen) atoms. The normalized spacial score (nSPS) is 15.3. The van der Waals surface area contributed by atoms with Gasteiger partial charge in [0.15, 0.2) is 0 Å². The van der Waals surface area contributed by atoms with Gasteiger partial charge in [-0.05, 0) is 73.2 Å². The highest BCUT2D eigenvalue weighted by Crippen LogP contribution is 2.35. The fourth-order valence-electron chi connectivity index (χ4n) is 3.65. The SMILES string of the molecule is CCCCOc1ccc(N2C(=O)CC(Sc3ccc(NC(=O)c4ccc(Cl)cc4Cl)cc3)C2=O)cc1. The maximum absolute atomic E-state index is 13.0. The molecule has 0 aliphatic carbocycles. The summed E-state index contributed by atoms with van der Waals surface area (Å²) < 4.78 is 5.66. The standard InChI is InChI=1S/C27H24Cl2N2O4S/c1-2-3-14-35-20-9-7-19(8-10-20)31-25(32)16-24(27(31)34)36-21-11-5-18(6-12-21)30-26(33)22-13-4-17(28)15-23(22)29/h4-13,15,24H,2-3,14,16H2,1H3,(H,30,33). The second-order valence-corrected chi connectivity index (χ2v) is 10.3. The van der Waals surface area contributed by atoms with Gasteiger partial charge in [-0.1, -0.05) is 36.5 Å². The first-order valence-corrected chi connectivity index (χ1v) is 13.1. The van der Waals surface area contributed by atoms with E-state index >= 15 is 0 Å². The van der Waals surface area contributed by atoms with Crippen LogP contribution in [0.3, 0.4) is 0 Å². The Bertz CT molecular complexity index is 1270. The van der Waals surface area contributed by atoms with E-state index in [1.807, 2.05) is 0 Å². The first-order valence-electron chi connectivity index (χ1n) is 11.5. The molecule has 0 radical (unpaired) electrons. The zero-order valence-electron chi connectivity index (χ0n) is 19.5. The van der Waals surface area contributed by atoms with E-state index in [9.17, 15) is 14.4 Å². The molecule has 0 spiro atoms. The van der Waals surface area contributed by atoms with Crippen LogP contribution in [0, 0.1) is 0 Å². The molecule has 1 atom stereocenters. The summed E-state index contributed by atoms with van der Waals surface area (Å²) in [5, 5.41) is 2.98. The first kappa shape index (κ1) is 26.1. The van der Waals surface area contributed by atoms with Crippen molar-refractivity contribution in [1.82, 2.24) is 0 Å². The predicted octanol–water partition coefficient (Wildman–Crippen LogP) is 6.85. The summed E-state index contributed by atoms with van der Waals surface area (Å²) in [6.45, 7) is 2.73. The number of nitrogens with zero attached hydrogens (tertiary/aromatic N) is 1. The van der Waals surface area contributed by atoms with E-state index in [1.54, 1.807) is 60.7 Å². The minimum absolute atomic E-state index is 0.117. The third-order valence-corrected chi connectivity index (χ3v) is 7.28. The number of imide groups is 1. The predicted molar refractivity (Wildman–Crippen MR) is 144 cm³/mol. The van der Waals surface area contributed by atoms with Gasteiger partial charge in [0.1, 0.15) is 5.75 Å². The van der Waals surface area contributed by atoms with Gasteiger partial charge in [0.25, 0.3) is 5.91 Å². The summed E-state index contributed by atoms with van der Waals surface area (Å²) in [4.78, 5) is 40.2. The van der Waals surface area contributed by atoms with E-state index < -0.39 is 5.25 Å². The molecule has 1 unspecified atom stereocenters. The molecule has 1 saturated heterocycles. The molecule has 0 bridgehead atoms. The average Bonchev–Trinajstić information content (AvgIpc) is 3.13. The van der Waals surface area contributed by atoms with Gasteiger partial charge in [-0.15, -0.1) is 11.8 Å². The van der Waals surface area contributed by atoms with Crippen molar-refractivity contribution >= 4 is 64.1 Å². The van der Waals surface area contributed by atoms with E-state index in [0.717, 1.165) is 17.7 Å². The Labute approximate surface area is 223 Å². The van der Waals surface area contributed by atoms with E-state index in [4.69, 9.17) is 27.9 Å². The molecule has 1 heterocycles. The third-order valence-electron chi connectivity index (χ3n) is 5.53. The van der Waals surface area contributed by atoms with Gasteiger partial charge in [-0.2, -0.15) is 0 Å². The maximum atomic E-state index is 13.0. The van der Waals surface area contributed by atoms with Gasteiger partial charge in [-0.25, -0.2) is 4.90 Å². The van der Waals surface area contributed by atoms with Crippen molar-refractivity contribution in [3.63, 3.8) is 0 Å². The third kappa shape index (κ3) is 6.22. The number of unbranched alkanes of at least 4 members (excludes halogenated alkanes) is 1. The molecule has 3 amide bonds. The smallest absolute Gasteiger partial charge is 0.257 e. The van der Waals surface area contributed by atoms with Crippen LogP contribution < -0.4 is 15.0 Å². The molecule has 9 heteroatoms. The minimum Gasteiger partial charge on any atom is -0.494 e. The molecule has 6 nitrogen and oxygen atoms in total. The molecule has 186 valence electrons. The molecule has 3 aromatic carbocycles. The van der Waals surface area contributed by atoms with E-state index in [0.29, 0.717) is 34.3 Å².